The van der Waals surface area contributed by atoms with E-state index in [-0.39, 0.29) is 5.75 Å². The maximum absolute atomic E-state index is 10.5. The Kier molecular flexibility index (Phi) is 8.36. The Morgan fingerprint density at radius 3 is 2.17 bits per heavy atom. The molecule has 0 fully saturated rings. The highest BCUT2D eigenvalue weighted by atomic mass is 16.5. The van der Waals surface area contributed by atoms with Crippen LogP contribution in [0.15, 0.2) is 36.4 Å². The Labute approximate surface area is 178 Å². The van der Waals surface area contributed by atoms with E-state index in [9.17, 15) is 5.11 Å². The maximum Gasteiger partial charge on any atom is 0.146 e. The molecule has 0 radical (unpaired) electrons. The smallest absolute Gasteiger partial charge is 0.146 e. The van der Waals surface area contributed by atoms with Crippen molar-refractivity contribution in [3.05, 3.63) is 36.4 Å². The van der Waals surface area contributed by atoms with E-state index in [1.54, 1.807) is 12.1 Å². The molecule has 3 aromatic rings. The molecule has 0 unspecified atom stereocenters. The third-order valence-corrected chi connectivity index (χ3v) is 5.00. The average Bonchev–Trinajstić information content (AvgIpc) is 3.17. The summed E-state index contributed by atoms with van der Waals surface area (Å²) in [6.07, 6.45) is 9.67. The van der Waals surface area contributed by atoms with Crippen LogP contribution in [0.2, 0.25) is 0 Å². The van der Waals surface area contributed by atoms with Gasteiger partial charge in [0.15, 0.2) is 0 Å². The summed E-state index contributed by atoms with van der Waals surface area (Å²) in [6.45, 7) is 5.63. The van der Waals surface area contributed by atoms with Crippen LogP contribution in [0.5, 0.6) is 17.2 Å². The first-order valence-electron chi connectivity index (χ1n) is 11.2. The number of aromatic hydroxyl groups is 1. The van der Waals surface area contributed by atoms with Crippen LogP contribution in [0.1, 0.15) is 65.2 Å². The second kappa shape index (κ2) is 11.4. The summed E-state index contributed by atoms with van der Waals surface area (Å²) in [7, 11) is 0. The van der Waals surface area contributed by atoms with E-state index in [2.05, 4.69) is 24.0 Å². The first kappa shape index (κ1) is 21.9. The van der Waals surface area contributed by atoms with E-state index >= 15 is 0 Å². The predicted octanol–water partition coefficient (Wildman–Crippen LogP) is 6.04. The summed E-state index contributed by atoms with van der Waals surface area (Å²) < 4.78 is 11.4. The molecule has 1 aromatic heterocycles. The number of hydrogen-bond donors (Lipinski definition) is 1. The molecule has 1 N–H and O–H groups in total. The first-order valence-corrected chi connectivity index (χ1v) is 11.2. The van der Waals surface area contributed by atoms with Crippen LogP contribution < -0.4 is 9.47 Å². The Bertz CT molecular complexity index is 923. The molecule has 0 spiro atoms. The highest BCUT2D eigenvalue weighted by Crippen LogP contribution is 2.27. The summed E-state index contributed by atoms with van der Waals surface area (Å²) in [6, 6.07) is 10.9. The summed E-state index contributed by atoms with van der Waals surface area (Å²) >= 11 is 0. The predicted molar refractivity (Wildman–Crippen MR) is 120 cm³/mol. The standard InChI is InChI=1S/C24H33N3O3/c1-3-5-6-7-8-9-10-16-30-20-12-14-23(24(28)18-20)27-25-21-13-11-19(29-15-4-2)17-22(21)26-27/h11-14,17-18,28H,3-10,15-16H2,1-2H3. The van der Waals surface area contributed by atoms with Crippen molar-refractivity contribution >= 4 is 11.0 Å². The minimum Gasteiger partial charge on any atom is -0.505 e. The van der Waals surface area contributed by atoms with Crippen LogP contribution in [-0.2, 0) is 0 Å². The van der Waals surface area contributed by atoms with E-state index in [0.717, 1.165) is 29.6 Å². The number of benzene rings is 2. The molecule has 0 aliphatic heterocycles. The van der Waals surface area contributed by atoms with Gasteiger partial charge in [-0.3, -0.25) is 0 Å². The summed E-state index contributed by atoms with van der Waals surface area (Å²) in [5.41, 5.74) is 1.99. The fourth-order valence-corrected chi connectivity index (χ4v) is 3.32. The van der Waals surface area contributed by atoms with Gasteiger partial charge in [-0.25, -0.2) is 0 Å². The third kappa shape index (κ3) is 6.12. The van der Waals surface area contributed by atoms with Gasteiger partial charge in [0.2, 0.25) is 0 Å². The van der Waals surface area contributed by atoms with Crippen LogP contribution in [-0.4, -0.2) is 33.3 Å². The van der Waals surface area contributed by atoms with Gasteiger partial charge in [-0.05, 0) is 37.1 Å². The lowest BCUT2D eigenvalue weighted by molar-refractivity contribution is 0.302. The molecule has 0 atom stereocenters. The summed E-state index contributed by atoms with van der Waals surface area (Å²) in [5.74, 6) is 1.53. The lowest BCUT2D eigenvalue weighted by atomic mass is 10.1. The number of aromatic nitrogens is 3. The van der Waals surface area contributed by atoms with E-state index < -0.39 is 0 Å². The molecule has 162 valence electrons. The van der Waals surface area contributed by atoms with Crippen molar-refractivity contribution in [2.75, 3.05) is 13.2 Å². The zero-order valence-corrected chi connectivity index (χ0v) is 18.1. The fourth-order valence-electron chi connectivity index (χ4n) is 3.32. The number of nitrogens with zero attached hydrogens (tertiary/aromatic N) is 3. The minimum atomic E-state index is 0.0924. The van der Waals surface area contributed by atoms with Gasteiger partial charge in [-0.15, -0.1) is 15.0 Å². The van der Waals surface area contributed by atoms with E-state index in [0.29, 0.717) is 24.7 Å². The molecule has 0 saturated heterocycles. The van der Waals surface area contributed by atoms with Crippen molar-refractivity contribution in [1.29, 1.82) is 0 Å². The largest absolute Gasteiger partial charge is 0.505 e. The third-order valence-electron chi connectivity index (χ3n) is 5.00. The molecule has 1 heterocycles. The topological polar surface area (TPSA) is 69.4 Å². The molecular weight excluding hydrogens is 378 g/mol. The number of phenolic OH excluding ortho intramolecular Hbond substituents is 1. The zero-order chi connectivity index (χ0) is 21.2. The van der Waals surface area contributed by atoms with Gasteiger partial charge in [-0.2, -0.15) is 0 Å². The Morgan fingerprint density at radius 2 is 1.40 bits per heavy atom. The molecule has 2 aromatic carbocycles. The summed E-state index contributed by atoms with van der Waals surface area (Å²) in [5, 5.41) is 19.4. The highest BCUT2D eigenvalue weighted by molar-refractivity contribution is 5.75. The fraction of sp³-hybridized carbons (Fsp3) is 0.500. The van der Waals surface area contributed by atoms with Crippen molar-refractivity contribution in [3.63, 3.8) is 0 Å². The minimum absolute atomic E-state index is 0.0924. The maximum atomic E-state index is 10.5. The lowest BCUT2D eigenvalue weighted by Crippen LogP contribution is -2.01. The van der Waals surface area contributed by atoms with Crippen molar-refractivity contribution in [3.8, 4) is 22.9 Å². The quantitative estimate of drug-likeness (QED) is 0.347. The number of ether oxygens (including phenoxy) is 2. The molecule has 0 aliphatic carbocycles. The molecule has 0 aliphatic rings. The van der Waals surface area contributed by atoms with Crippen molar-refractivity contribution in [2.24, 2.45) is 0 Å². The molecule has 3 rings (SSSR count). The van der Waals surface area contributed by atoms with E-state index in [1.807, 2.05) is 24.3 Å². The van der Waals surface area contributed by atoms with Gasteiger partial charge in [0, 0.05) is 12.1 Å². The van der Waals surface area contributed by atoms with Crippen molar-refractivity contribution < 1.29 is 14.6 Å². The normalized spacial score (nSPS) is 11.1. The van der Waals surface area contributed by atoms with Gasteiger partial charge in [0.1, 0.15) is 34.0 Å². The van der Waals surface area contributed by atoms with Crippen molar-refractivity contribution in [2.45, 2.75) is 65.2 Å². The Morgan fingerprint density at radius 1 is 0.733 bits per heavy atom. The van der Waals surface area contributed by atoms with Gasteiger partial charge >= 0.3 is 0 Å². The molecule has 0 bridgehead atoms. The number of hydrogen-bond acceptors (Lipinski definition) is 5. The number of fused-ring (bicyclic) bond motifs is 1. The average molecular weight is 412 g/mol. The van der Waals surface area contributed by atoms with Crippen LogP contribution in [0, 0.1) is 0 Å². The van der Waals surface area contributed by atoms with E-state index in [1.165, 1.54) is 43.3 Å². The van der Waals surface area contributed by atoms with Gasteiger partial charge in [0.25, 0.3) is 0 Å². The van der Waals surface area contributed by atoms with Crippen LogP contribution in [0.4, 0.5) is 0 Å². The van der Waals surface area contributed by atoms with Gasteiger partial charge < -0.3 is 14.6 Å². The van der Waals surface area contributed by atoms with Crippen LogP contribution in [0.25, 0.3) is 16.7 Å². The first-order chi connectivity index (χ1) is 14.7. The van der Waals surface area contributed by atoms with E-state index in [4.69, 9.17) is 9.47 Å². The molecule has 6 nitrogen and oxygen atoms in total. The number of phenols is 1. The lowest BCUT2D eigenvalue weighted by Gasteiger charge is -2.09. The summed E-state index contributed by atoms with van der Waals surface area (Å²) in [4.78, 5) is 1.45. The highest BCUT2D eigenvalue weighted by Gasteiger charge is 2.11. The number of unbranched alkanes of at least 4 members (excludes halogenated alkanes) is 6. The SMILES string of the molecule is CCCCCCCCCOc1ccc(-n2nc3ccc(OCCC)cc3n2)c(O)c1. The Balaban J connectivity index is 1.55. The second-order valence-electron chi connectivity index (χ2n) is 7.61. The van der Waals surface area contributed by atoms with Gasteiger partial charge in [-0.1, -0.05) is 52.4 Å². The monoisotopic (exact) mass is 411 g/mol. The van der Waals surface area contributed by atoms with Crippen LogP contribution >= 0.6 is 0 Å². The second-order valence-corrected chi connectivity index (χ2v) is 7.61. The molecule has 30 heavy (non-hydrogen) atoms. The van der Waals surface area contributed by atoms with Gasteiger partial charge in [0.05, 0.1) is 13.2 Å². The van der Waals surface area contributed by atoms with Crippen molar-refractivity contribution in [1.82, 2.24) is 15.0 Å². The molecular formula is C24H33N3O3. The zero-order valence-electron chi connectivity index (χ0n) is 18.1. The molecule has 0 saturated carbocycles. The van der Waals surface area contributed by atoms with Crippen LogP contribution in [0.3, 0.4) is 0 Å². The number of rotatable bonds is 13. The molecule has 0 amide bonds. The Hall–Kier alpha value is -2.76. The molecule has 6 heteroatoms.